The molecule has 2 saturated carbocycles. The van der Waals surface area contributed by atoms with Crippen molar-refractivity contribution in [1.82, 2.24) is 5.01 Å². The number of carbonyl (C=O) groups excluding carboxylic acids is 2. The zero-order valence-corrected chi connectivity index (χ0v) is 16.5. The van der Waals surface area contributed by atoms with Crippen LogP contribution < -0.4 is 4.74 Å². The third-order valence-electron chi connectivity index (χ3n) is 7.28. The molecule has 5 heteroatoms. The van der Waals surface area contributed by atoms with E-state index in [2.05, 4.69) is 17.3 Å². The molecule has 1 heterocycles. The maximum absolute atomic E-state index is 12.9. The summed E-state index contributed by atoms with van der Waals surface area (Å²) >= 11 is 0. The Morgan fingerprint density at radius 1 is 0.933 bits per heavy atom. The van der Waals surface area contributed by atoms with Crippen LogP contribution in [0.2, 0.25) is 0 Å². The van der Waals surface area contributed by atoms with Crippen LogP contribution in [0.25, 0.3) is 0 Å². The predicted molar refractivity (Wildman–Crippen MR) is 111 cm³/mol. The molecule has 0 N–H and O–H groups in total. The van der Waals surface area contributed by atoms with Crippen LogP contribution >= 0.6 is 0 Å². The molecule has 4 aliphatic rings. The Hall–Kier alpha value is -3.21. The number of nitrogens with zero attached hydrogens (tertiary/aromatic N) is 2. The molecule has 30 heavy (non-hydrogen) atoms. The zero-order valence-electron chi connectivity index (χ0n) is 16.5. The van der Waals surface area contributed by atoms with Crippen molar-refractivity contribution in [3.05, 3.63) is 77.9 Å². The Morgan fingerprint density at radius 3 is 2.17 bits per heavy atom. The van der Waals surface area contributed by atoms with Crippen molar-refractivity contribution >= 4 is 18.0 Å². The second kappa shape index (κ2) is 6.39. The first-order valence-corrected chi connectivity index (χ1v) is 10.5. The van der Waals surface area contributed by atoms with Gasteiger partial charge in [-0.15, -0.1) is 0 Å². The smallest absolute Gasteiger partial charge is 0.254 e. The summed E-state index contributed by atoms with van der Waals surface area (Å²) < 4.78 is 5.80. The Labute approximate surface area is 175 Å². The molecule has 0 radical (unpaired) electrons. The van der Waals surface area contributed by atoms with E-state index in [9.17, 15) is 9.59 Å². The minimum atomic E-state index is -0.207. The first-order chi connectivity index (χ1) is 14.7. The number of hydrogen-bond acceptors (Lipinski definition) is 4. The second-order valence-corrected chi connectivity index (χ2v) is 8.80. The van der Waals surface area contributed by atoms with Crippen LogP contribution in [0.5, 0.6) is 5.75 Å². The first-order valence-electron chi connectivity index (χ1n) is 10.5. The van der Waals surface area contributed by atoms with Gasteiger partial charge in [-0.25, -0.2) is 0 Å². The molecule has 6 rings (SSSR count). The van der Waals surface area contributed by atoms with Crippen molar-refractivity contribution in [2.75, 3.05) is 0 Å². The summed E-state index contributed by atoms with van der Waals surface area (Å²) in [4.78, 5) is 25.9. The Bertz CT molecular complexity index is 1040. The minimum Gasteiger partial charge on any atom is -0.489 e. The van der Waals surface area contributed by atoms with Gasteiger partial charge in [0.05, 0.1) is 18.1 Å². The van der Waals surface area contributed by atoms with Gasteiger partial charge in [-0.2, -0.15) is 10.1 Å². The fraction of sp³-hybridized carbons (Fsp3) is 0.320. The maximum Gasteiger partial charge on any atom is 0.254 e. The van der Waals surface area contributed by atoms with Gasteiger partial charge in [0.2, 0.25) is 0 Å². The van der Waals surface area contributed by atoms with Gasteiger partial charge >= 0.3 is 0 Å². The SMILES string of the molecule is O=C1[C@H]2[C@H](C(=O)N1/N=C\c1ccc(OCc3ccccc3)cc1)[C@H]1C=C[C@H]2C12CC2. The summed E-state index contributed by atoms with van der Waals surface area (Å²) in [5.41, 5.74) is 2.14. The monoisotopic (exact) mass is 398 g/mol. The summed E-state index contributed by atoms with van der Waals surface area (Å²) in [6.45, 7) is 0.506. The topological polar surface area (TPSA) is 59.0 Å². The molecule has 3 fully saturated rings. The van der Waals surface area contributed by atoms with Crippen molar-refractivity contribution in [3.8, 4) is 5.75 Å². The van der Waals surface area contributed by atoms with Crippen molar-refractivity contribution in [2.45, 2.75) is 19.4 Å². The van der Waals surface area contributed by atoms with Crippen LogP contribution in [0.4, 0.5) is 0 Å². The van der Waals surface area contributed by atoms with Gasteiger partial charge in [-0.1, -0.05) is 42.5 Å². The Balaban J connectivity index is 1.13. The molecule has 0 aromatic heterocycles. The molecule has 1 saturated heterocycles. The Morgan fingerprint density at radius 2 is 1.57 bits per heavy atom. The van der Waals surface area contributed by atoms with E-state index in [0.29, 0.717) is 6.61 Å². The third-order valence-corrected chi connectivity index (χ3v) is 7.28. The molecule has 2 amide bonds. The quantitative estimate of drug-likeness (QED) is 0.437. The molecule has 5 nitrogen and oxygen atoms in total. The van der Waals surface area contributed by atoms with Crippen molar-refractivity contribution < 1.29 is 14.3 Å². The molecular weight excluding hydrogens is 376 g/mol. The molecule has 3 aliphatic carbocycles. The fourth-order valence-electron chi connectivity index (χ4n) is 5.69. The molecule has 2 aromatic rings. The second-order valence-electron chi connectivity index (χ2n) is 8.80. The van der Waals surface area contributed by atoms with E-state index in [4.69, 9.17) is 4.74 Å². The van der Waals surface area contributed by atoms with Gasteiger partial charge in [0.25, 0.3) is 11.8 Å². The van der Waals surface area contributed by atoms with E-state index < -0.39 is 0 Å². The lowest BCUT2D eigenvalue weighted by molar-refractivity contribution is -0.141. The number of ether oxygens (including phenoxy) is 1. The molecule has 1 spiro atoms. The average molecular weight is 398 g/mol. The number of amides is 2. The number of fused-ring (bicyclic) bond motifs is 3. The summed E-state index contributed by atoms with van der Waals surface area (Å²) in [5.74, 6) is 0.535. The Kier molecular flexibility index (Phi) is 3.76. The van der Waals surface area contributed by atoms with Crippen LogP contribution in [-0.4, -0.2) is 23.0 Å². The van der Waals surface area contributed by atoms with E-state index in [0.717, 1.165) is 34.7 Å². The average Bonchev–Trinajstić information content (AvgIpc) is 3.38. The lowest BCUT2D eigenvalue weighted by Gasteiger charge is -2.18. The van der Waals surface area contributed by atoms with Crippen molar-refractivity contribution in [3.63, 3.8) is 0 Å². The predicted octanol–water partition coefficient (Wildman–Crippen LogP) is 3.80. The summed E-state index contributed by atoms with van der Waals surface area (Å²) in [7, 11) is 0. The molecular formula is C25H22N2O3. The highest BCUT2D eigenvalue weighted by molar-refractivity contribution is 6.07. The molecule has 1 aliphatic heterocycles. The van der Waals surface area contributed by atoms with Crippen LogP contribution in [0.1, 0.15) is 24.0 Å². The first kappa shape index (κ1) is 17.6. The van der Waals surface area contributed by atoms with Gasteiger partial charge in [0.1, 0.15) is 12.4 Å². The van der Waals surface area contributed by atoms with E-state index in [1.807, 2.05) is 54.6 Å². The normalized spacial score (nSPS) is 29.9. The lowest BCUT2D eigenvalue weighted by atomic mass is 9.85. The summed E-state index contributed by atoms with van der Waals surface area (Å²) in [6, 6.07) is 17.5. The van der Waals surface area contributed by atoms with E-state index >= 15 is 0 Å². The maximum atomic E-state index is 12.9. The van der Waals surface area contributed by atoms with Gasteiger partial charge in [0, 0.05) is 0 Å². The van der Waals surface area contributed by atoms with Gasteiger partial charge in [-0.3, -0.25) is 9.59 Å². The number of hydrazone groups is 1. The standard InChI is InChI=1S/C25H22N2O3/c28-23-21-19-10-11-20(25(19)12-13-25)22(21)24(29)27(23)26-14-16-6-8-18(9-7-16)30-15-17-4-2-1-3-5-17/h1-11,14,19-22H,12-13,15H2/b26-14-/t19-,20-,21-,22-/m1/s1. The number of carbonyl (C=O) groups is 2. The van der Waals surface area contributed by atoms with Crippen LogP contribution in [0, 0.1) is 29.1 Å². The van der Waals surface area contributed by atoms with Crippen LogP contribution in [-0.2, 0) is 16.2 Å². The van der Waals surface area contributed by atoms with Crippen LogP contribution in [0.3, 0.4) is 0 Å². The van der Waals surface area contributed by atoms with E-state index in [1.54, 1.807) is 6.21 Å². The largest absolute Gasteiger partial charge is 0.489 e. The van der Waals surface area contributed by atoms with E-state index in [1.165, 1.54) is 0 Å². The van der Waals surface area contributed by atoms with Crippen molar-refractivity contribution in [1.29, 1.82) is 0 Å². The van der Waals surface area contributed by atoms with Gasteiger partial charge in [0.15, 0.2) is 0 Å². The highest BCUT2D eigenvalue weighted by Gasteiger charge is 2.73. The molecule has 150 valence electrons. The minimum absolute atomic E-state index is 0.132. The summed E-state index contributed by atoms with van der Waals surface area (Å²) in [5, 5.41) is 5.38. The van der Waals surface area contributed by atoms with Crippen LogP contribution in [0.15, 0.2) is 71.9 Å². The molecule has 0 unspecified atom stereocenters. The van der Waals surface area contributed by atoms with Gasteiger partial charge < -0.3 is 4.74 Å². The number of benzene rings is 2. The molecule has 2 aromatic carbocycles. The summed E-state index contributed by atoms with van der Waals surface area (Å²) in [6.07, 6.45) is 8.21. The third kappa shape index (κ3) is 2.51. The highest BCUT2D eigenvalue weighted by Crippen LogP contribution is 2.73. The fourth-order valence-corrected chi connectivity index (χ4v) is 5.69. The number of allylic oxidation sites excluding steroid dienone is 2. The zero-order chi connectivity index (χ0) is 20.3. The number of hydrogen-bond donors (Lipinski definition) is 0. The van der Waals surface area contributed by atoms with Crippen molar-refractivity contribution in [2.24, 2.45) is 34.2 Å². The number of imide groups is 1. The van der Waals surface area contributed by atoms with Gasteiger partial charge in [-0.05, 0) is 65.5 Å². The number of rotatable bonds is 5. The molecule has 2 bridgehead atoms. The molecule has 4 atom stereocenters. The lowest BCUT2D eigenvalue weighted by Crippen LogP contribution is -2.30. The highest BCUT2D eigenvalue weighted by atomic mass is 16.5. The van der Waals surface area contributed by atoms with E-state index in [-0.39, 0.29) is 40.9 Å².